The van der Waals surface area contributed by atoms with Gasteiger partial charge in [-0.3, -0.25) is 4.79 Å². The van der Waals surface area contributed by atoms with E-state index in [2.05, 4.69) is 16.4 Å². The van der Waals surface area contributed by atoms with E-state index in [0.29, 0.717) is 31.9 Å². The highest BCUT2D eigenvalue weighted by molar-refractivity contribution is 7.21. The third-order valence-electron chi connectivity index (χ3n) is 4.72. The van der Waals surface area contributed by atoms with E-state index in [-0.39, 0.29) is 17.8 Å². The van der Waals surface area contributed by atoms with Crippen molar-refractivity contribution in [2.24, 2.45) is 0 Å². The van der Waals surface area contributed by atoms with Gasteiger partial charge in [0.25, 0.3) is 5.91 Å². The van der Waals surface area contributed by atoms with Gasteiger partial charge in [0.1, 0.15) is 27.2 Å². The van der Waals surface area contributed by atoms with Crippen LogP contribution >= 0.6 is 22.7 Å². The number of carbonyl (C=O) groups is 1. The minimum Gasteiger partial charge on any atom is -0.397 e. The maximum Gasteiger partial charge on any atom is 0.263 e. The molecule has 1 aliphatic rings. The average molecular weight is 384 g/mol. The summed E-state index contributed by atoms with van der Waals surface area (Å²) in [4.78, 5) is 18.1. The van der Waals surface area contributed by atoms with Gasteiger partial charge in [-0.1, -0.05) is 12.8 Å². The van der Waals surface area contributed by atoms with Crippen LogP contribution in [-0.4, -0.2) is 16.9 Å². The van der Waals surface area contributed by atoms with Crippen LogP contribution in [0.2, 0.25) is 0 Å². The summed E-state index contributed by atoms with van der Waals surface area (Å²) in [6.45, 7) is 0. The molecule has 3 aromatic heterocycles. The zero-order valence-corrected chi connectivity index (χ0v) is 15.5. The number of rotatable bonds is 3. The van der Waals surface area contributed by atoms with Crippen molar-refractivity contribution in [2.75, 3.05) is 11.5 Å². The minimum atomic E-state index is -0.175. The normalized spacial score (nSPS) is 14.6. The number of nitrogens with one attached hydrogen (secondary N) is 1. The molecule has 0 aromatic carbocycles. The summed E-state index contributed by atoms with van der Waals surface area (Å²) in [7, 11) is 0. The van der Waals surface area contributed by atoms with Gasteiger partial charge in [0.2, 0.25) is 0 Å². The van der Waals surface area contributed by atoms with Crippen LogP contribution in [0.25, 0.3) is 21.3 Å². The number of carbonyl (C=O) groups excluding carboxylic acids is 1. The Kier molecular flexibility index (Phi) is 4.26. The summed E-state index contributed by atoms with van der Waals surface area (Å²) >= 11 is 2.75. The molecule has 4 rings (SSSR count). The summed E-state index contributed by atoms with van der Waals surface area (Å²) in [5.74, 6) is -0.0176. The molecule has 5 N–H and O–H groups in total. The van der Waals surface area contributed by atoms with E-state index in [0.717, 1.165) is 31.2 Å². The van der Waals surface area contributed by atoms with Gasteiger partial charge in [-0.25, -0.2) is 4.98 Å². The number of nitrogen functional groups attached to an aromatic ring is 2. The van der Waals surface area contributed by atoms with E-state index in [1.165, 1.54) is 22.7 Å². The number of aromatic nitrogens is 1. The molecule has 0 bridgehead atoms. The average Bonchev–Trinajstić information content (AvgIpc) is 3.35. The van der Waals surface area contributed by atoms with Gasteiger partial charge in [-0.05, 0) is 35.2 Å². The number of nitrogens with two attached hydrogens (primary N) is 2. The summed E-state index contributed by atoms with van der Waals surface area (Å²) in [5.41, 5.74) is 14.5. The van der Waals surface area contributed by atoms with Crippen LogP contribution in [0.5, 0.6) is 0 Å². The molecule has 1 fully saturated rings. The van der Waals surface area contributed by atoms with Gasteiger partial charge >= 0.3 is 0 Å². The molecule has 1 saturated carbocycles. The topological polar surface area (TPSA) is 118 Å². The lowest BCUT2D eigenvalue weighted by Gasteiger charge is -2.11. The quantitative estimate of drug-likeness (QED) is 0.637. The first-order chi connectivity index (χ1) is 12.6. The second kappa shape index (κ2) is 6.59. The summed E-state index contributed by atoms with van der Waals surface area (Å²) in [6.07, 6.45) is 4.28. The number of pyridine rings is 1. The number of amides is 1. The number of fused-ring (bicyclic) bond motifs is 1. The first-order valence-electron chi connectivity index (χ1n) is 8.35. The Morgan fingerprint density at radius 1 is 1.35 bits per heavy atom. The monoisotopic (exact) mass is 383 g/mol. The first kappa shape index (κ1) is 16.8. The Labute approximate surface area is 158 Å². The first-order valence-corrected chi connectivity index (χ1v) is 10.1. The Morgan fingerprint density at radius 2 is 2.12 bits per heavy atom. The van der Waals surface area contributed by atoms with Gasteiger partial charge in [0.15, 0.2) is 0 Å². The molecule has 0 saturated heterocycles. The number of nitriles is 1. The molecule has 26 heavy (non-hydrogen) atoms. The van der Waals surface area contributed by atoms with Crippen molar-refractivity contribution in [3.63, 3.8) is 0 Å². The molecule has 6 nitrogen and oxygen atoms in total. The third kappa shape index (κ3) is 2.69. The lowest BCUT2D eigenvalue weighted by Crippen LogP contribution is -2.32. The zero-order valence-electron chi connectivity index (χ0n) is 13.9. The highest BCUT2D eigenvalue weighted by Gasteiger charge is 2.26. The van der Waals surface area contributed by atoms with E-state index in [1.54, 1.807) is 0 Å². The predicted octanol–water partition coefficient (Wildman–Crippen LogP) is 3.73. The highest BCUT2D eigenvalue weighted by Crippen LogP contribution is 2.43. The molecule has 0 atom stereocenters. The summed E-state index contributed by atoms with van der Waals surface area (Å²) in [6, 6.07) is 4.25. The Morgan fingerprint density at radius 3 is 2.77 bits per heavy atom. The molecule has 0 aliphatic heterocycles. The van der Waals surface area contributed by atoms with E-state index >= 15 is 0 Å². The largest absolute Gasteiger partial charge is 0.397 e. The fraction of sp³-hybridized carbons (Fsp3) is 0.278. The van der Waals surface area contributed by atoms with Crippen LogP contribution in [0.4, 0.5) is 11.5 Å². The molecule has 0 unspecified atom stereocenters. The van der Waals surface area contributed by atoms with Gasteiger partial charge in [0.05, 0.1) is 5.69 Å². The van der Waals surface area contributed by atoms with E-state index in [1.807, 2.05) is 16.8 Å². The number of anilines is 2. The third-order valence-corrected chi connectivity index (χ3v) is 6.50. The summed E-state index contributed by atoms with van der Waals surface area (Å²) in [5, 5.41) is 17.1. The molecular weight excluding hydrogens is 366 g/mol. The van der Waals surface area contributed by atoms with Crippen molar-refractivity contribution in [1.29, 1.82) is 5.26 Å². The van der Waals surface area contributed by atoms with E-state index in [9.17, 15) is 10.1 Å². The lowest BCUT2D eigenvalue weighted by molar-refractivity contribution is 0.0943. The Hall–Kier alpha value is -2.63. The van der Waals surface area contributed by atoms with Crippen LogP contribution < -0.4 is 16.8 Å². The Bertz CT molecular complexity index is 1030. The van der Waals surface area contributed by atoms with Crippen LogP contribution in [0, 0.1) is 11.3 Å². The highest BCUT2D eigenvalue weighted by atomic mass is 32.1. The van der Waals surface area contributed by atoms with Crippen molar-refractivity contribution in [3.8, 4) is 17.2 Å². The maximum absolute atomic E-state index is 12.7. The maximum atomic E-state index is 12.7. The number of hydrogen-bond donors (Lipinski definition) is 3. The van der Waals surface area contributed by atoms with Crippen molar-refractivity contribution >= 4 is 50.3 Å². The second-order valence-electron chi connectivity index (χ2n) is 6.35. The second-order valence-corrected chi connectivity index (χ2v) is 8.13. The number of thiophene rings is 2. The fourth-order valence-electron chi connectivity index (χ4n) is 3.47. The molecule has 3 aromatic rings. The molecule has 0 spiro atoms. The smallest absolute Gasteiger partial charge is 0.263 e. The van der Waals surface area contributed by atoms with Crippen LogP contribution in [-0.2, 0) is 0 Å². The van der Waals surface area contributed by atoms with Crippen molar-refractivity contribution in [1.82, 2.24) is 10.3 Å². The predicted molar refractivity (Wildman–Crippen MR) is 106 cm³/mol. The van der Waals surface area contributed by atoms with E-state index in [4.69, 9.17) is 11.5 Å². The number of hydrogen-bond acceptors (Lipinski definition) is 7. The molecule has 1 amide bonds. The lowest BCUT2D eigenvalue weighted by atomic mass is 9.99. The Balaban J connectivity index is 1.88. The van der Waals surface area contributed by atoms with Crippen LogP contribution in [0.3, 0.4) is 0 Å². The molecule has 3 heterocycles. The van der Waals surface area contributed by atoms with Crippen molar-refractivity contribution < 1.29 is 4.79 Å². The fourth-order valence-corrected chi connectivity index (χ4v) is 5.13. The van der Waals surface area contributed by atoms with Gasteiger partial charge in [-0.2, -0.15) is 16.6 Å². The van der Waals surface area contributed by atoms with Crippen LogP contribution in [0.1, 0.15) is 40.9 Å². The van der Waals surface area contributed by atoms with Gasteiger partial charge in [-0.15, -0.1) is 11.3 Å². The van der Waals surface area contributed by atoms with Crippen molar-refractivity contribution in [3.05, 3.63) is 27.3 Å². The summed E-state index contributed by atoms with van der Waals surface area (Å²) < 4.78 is 0. The van der Waals surface area contributed by atoms with Crippen LogP contribution in [0.15, 0.2) is 16.8 Å². The zero-order chi connectivity index (χ0) is 18.3. The molecule has 0 radical (unpaired) electrons. The minimum absolute atomic E-state index is 0.158. The molecule has 8 heteroatoms. The standard InChI is InChI=1S/C18H17N5OS2/c19-7-11-12(9-5-6-25-8-9)13-14(20)15(26-18(13)23-16(11)21)17(24)22-10-3-1-2-4-10/h5-6,8,10H,1-4,20H2,(H2,21,23)(H,22,24). The van der Waals surface area contributed by atoms with Gasteiger partial charge < -0.3 is 16.8 Å². The van der Waals surface area contributed by atoms with Crippen molar-refractivity contribution in [2.45, 2.75) is 31.7 Å². The SMILES string of the molecule is N#Cc1c(N)nc2sc(C(=O)NC3CCCC3)c(N)c2c1-c1ccsc1. The van der Waals surface area contributed by atoms with Gasteiger partial charge in [0, 0.05) is 17.0 Å². The molecule has 1 aliphatic carbocycles. The van der Waals surface area contributed by atoms with E-state index < -0.39 is 0 Å². The molecular formula is C18H17N5OS2. The molecule has 132 valence electrons. The number of nitrogens with zero attached hydrogens (tertiary/aromatic N) is 2.